The number of anilines is 1. The lowest BCUT2D eigenvalue weighted by Crippen LogP contribution is -2.48. The van der Waals surface area contributed by atoms with E-state index < -0.39 is 21.3 Å². The van der Waals surface area contributed by atoms with Crippen LogP contribution in [0.2, 0.25) is 5.02 Å². The van der Waals surface area contributed by atoms with Crippen molar-refractivity contribution in [3.8, 4) is 5.75 Å². The summed E-state index contributed by atoms with van der Waals surface area (Å²) in [4.78, 5) is 17.5. The summed E-state index contributed by atoms with van der Waals surface area (Å²) in [7, 11) is 1.65. The molecule has 2 aliphatic heterocycles. The quantitative estimate of drug-likeness (QED) is 0.288. The van der Waals surface area contributed by atoms with Crippen LogP contribution in [0.5, 0.6) is 5.75 Å². The summed E-state index contributed by atoms with van der Waals surface area (Å²) >= 11 is 5.64. The van der Waals surface area contributed by atoms with Crippen molar-refractivity contribution in [1.82, 2.24) is 10.2 Å². The molecular formula is C29H36ClFIN5O2. The fraction of sp³-hybridized carbons (Fsp3) is 0.448. The van der Waals surface area contributed by atoms with Crippen molar-refractivity contribution in [3.05, 3.63) is 70.1 Å². The first-order valence-corrected chi connectivity index (χ1v) is 15.5. The van der Waals surface area contributed by atoms with Gasteiger partial charge in [-0.15, -0.1) is 0 Å². The van der Waals surface area contributed by atoms with Crippen LogP contribution in [-0.4, -0.2) is 55.3 Å². The minimum Gasteiger partial charge on any atom is -0.497 e. The Morgan fingerprint density at radius 2 is 1.95 bits per heavy atom. The molecule has 2 aromatic carbocycles. The van der Waals surface area contributed by atoms with Gasteiger partial charge in [0.25, 0.3) is 5.91 Å². The third-order valence-electron chi connectivity index (χ3n) is 7.44. The Bertz CT molecular complexity index is 1260. The zero-order chi connectivity index (χ0) is 27.9. The van der Waals surface area contributed by atoms with Gasteiger partial charge >= 0.3 is 0 Å². The highest BCUT2D eigenvalue weighted by Crippen LogP contribution is 2.30. The number of ether oxygens (including phenoxy) is 1. The summed E-state index contributed by atoms with van der Waals surface area (Å²) in [6, 6.07) is 13.3. The van der Waals surface area contributed by atoms with Gasteiger partial charge < -0.3 is 19.9 Å². The number of nitrogens with zero attached hydrogens (tertiary/aromatic N) is 4. The van der Waals surface area contributed by atoms with Crippen LogP contribution < -0.4 is 15.0 Å². The molecule has 0 aliphatic carbocycles. The van der Waals surface area contributed by atoms with Crippen LogP contribution in [0.15, 0.2) is 60.1 Å². The van der Waals surface area contributed by atoms with E-state index in [2.05, 4.69) is 28.4 Å². The van der Waals surface area contributed by atoms with Crippen LogP contribution in [0.3, 0.4) is 0 Å². The Morgan fingerprint density at radius 3 is 2.62 bits per heavy atom. The monoisotopic (exact) mass is 667 g/mol. The maximum Gasteiger partial charge on any atom is 0.255 e. The van der Waals surface area contributed by atoms with E-state index in [1.54, 1.807) is 19.2 Å². The maximum atomic E-state index is 14.7. The van der Waals surface area contributed by atoms with Crippen molar-refractivity contribution in [2.24, 2.45) is 6.35 Å². The van der Waals surface area contributed by atoms with Gasteiger partial charge in [0.05, 0.1) is 24.1 Å². The van der Waals surface area contributed by atoms with Crippen molar-refractivity contribution in [3.63, 3.8) is 0 Å². The van der Waals surface area contributed by atoms with Crippen molar-refractivity contribution < 1.29 is 13.9 Å². The van der Waals surface area contributed by atoms with E-state index in [9.17, 15) is 9.18 Å². The summed E-state index contributed by atoms with van der Waals surface area (Å²) in [6.45, 7) is 8.90. The molecule has 2 aliphatic rings. The average molecular weight is 668 g/mol. The number of piperidine rings is 1. The molecule has 1 saturated heterocycles. The number of hydrogen-bond donors (Lipinski definition) is 1. The van der Waals surface area contributed by atoms with Gasteiger partial charge in [0.2, 0.25) is 0 Å². The van der Waals surface area contributed by atoms with Crippen molar-refractivity contribution in [2.45, 2.75) is 58.7 Å². The molecule has 7 nitrogen and oxygen atoms in total. The van der Waals surface area contributed by atoms with Gasteiger partial charge in [0.1, 0.15) is 32.9 Å². The molecule has 0 spiro atoms. The van der Waals surface area contributed by atoms with E-state index in [4.69, 9.17) is 16.3 Å². The second kappa shape index (κ2) is 13.8. The zero-order valence-corrected chi connectivity index (χ0v) is 25.8. The van der Waals surface area contributed by atoms with E-state index in [-0.39, 0.29) is 17.8 Å². The van der Waals surface area contributed by atoms with E-state index in [1.165, 1.54) is 6.07 Å². The molecule has 4 rings (SSSR count). The predicted octanol–water partition coefficient (Wildman–Crippen LogP) is 6.67. The van der Waals surface area contributed by atoms with Crippen LogP contribution in [0.1, 0.15) is 45.6 Å². The SMILES string of the molecule is COc1ccc(N(Cc2cc(Cl)ccc2F)C2CCN(C(C)CCNC(=O)C3=C(C)N=IN=C3C)CC2)cc1. The van der Waals surface area contributed by atoms with E-state index in [0.717, 1.165) is 55.2 Å². The second-order valence-electron chi connectivity index (χ2n) is 10.0. The number of likely N-dealkylation sites (tertiary alicyclic amines) is 1. The summed E-state index contributed by atoms with van der Waals surface area (Å²) in [5, 5.41) is 3.59. The van der Waals surface area contributed by atoms with Gasteiger partial charge in [-0.25, -0.2) is 10.7 Å². The third kappa shape index (κ3) is 7.64. The number of amides is 1. The number of nitrogens with one attached hydrogen (secondary N) is 1. The highest BCUT2D eigenvalue weighted by Gasteiger charge is 2.28. The number of halogens is 3. The fourth-order valence-electron chi connectivity index (χ4n) is 5.16. The fourth-order valence-corrected chi connectivity index (χ4v) is 6.60. The molecule has 1 unspecified atom stereocenters. The number of benzene rings is 2. The molecular weight excluding hydrogens is 632 g/mol. The number of rotatable bonds is 10. The van der Waals surface area contributed by atoms with Crippen LogP contribution in [0.4, 0.5) is 10.1 Å². The summed E-state index contributed by atoms with van der Waals surface area (Å²) < 4.78 is 28.8. The number of allylic oxidation sites excluding steroid dienone is 1. The Kier molecular flexibility index (Phi) is 10.5. The van der Waals surface area contributed by atoms with Crippen LogP contribution in [-0.2, 0) is 11.3 Å². The largest absolute Gasteiger partial charge is 0.497 e. The first-order valence-electron chi connectivity index (χ1n) is 13.2. The molecule has 2 aromatic rings. The van der Waals surface area contributed by atoms with Gasteiger partial charge in [-0.2, -0.15) is 0 Å². The lowest BCUT2D eigenvalue weighted by atomic mass is 9.99. The van der Waals surface area contributed by atoms with Gasteiger partial charge in [-0.3, -0.25) is 4.79 Å². The standard InChI is InChI=1S/C29H36ClFIN5O2/c1-19(11-14-33-29(38)28-20(2)34-32-35-21(28)3)36-15-12-25(13-16-36)37(24-6-8-26(39-4)9-7-24)18-22-17-23(30)5-10-27(22)31/h5-10,17,19,25H,11-16,18H2,1-4H3,(H,33,38). The van der Waals surface area contributed by atoms with Gasteiger partial charge in [0, 0.05) is 54.5 Å². The van der Waals surface area contributed by atoms with Crippen molar-refractivity contribution in [1.29, 1.82) is 0 Å². The molecule has 1 fully saturated rings. The average Bonchev–Trinajstić information content (AvgIpc) is 2.93. The van der Waals surface area contributed by atoms with E-state index in [0.29, 0.717) is 35.3 Å². The highest BCUT2D eigenvalue weighted by molar-refractivity contribution is 14.1. The molecule has 10 heteroatoms. The van der Waals surface area contributed by atoms with Gasteiger partial charge in [-0.1, -0.05) is 11.6 Å². The molecule has 0 bridgehead atoms. The van der Waals surface area contributed by atoms with Crippen LogP contribution in [0, 0.1) is 5.82 Å². The van der Waals surface area contributed by atoms with E-state index >= 15 is 0 Å². The Morgan fingerprint density at radius 1 is 1.23 bits per heavy atom. The number of carbonyl (C=O) groups excluding carboxylic acids is 1. The molecule has 2 heterocycles. The minimum atomic E-state index is -0.562. The molecule has 210 valence electrons. The lowest BCUT2D eigenvalue weighted by molar-refractivity contribution is -0.117. The first-order chi connectivity index (χ1) is 18.8. The van der Waals surface area contributed by atoms with Crippen molar-refractivity contribution in [2.75, 3.05) is 31.6 Å². The molecule has 39 heavy (non-hydrogen) atoms. The normalized spacial score (nSPS) is 17.3. The molecule has 0 saturated carbocycles. The number of carbonyl (C=O) groups is 1. The summed E-state index contributed by atoms with van der Waals surface area (Å²) in [5.41, 5.74) is 3.82. The lowest BCUT2D eigenvalue weighted by Gasteiger charge is -2.42. The predicted molar refractivity (Wildman–Crippen MR) is 165 cm³/mol. The first kappa shape index (κ1) is 29.6. The van der Waals surface area contributed by atoms with E-state index in [1.807, 2.05) is 38.1 Å². The molecule has 0 aromatic heterocycles. The van der Waals surface area contributed by atoms with Crippen LogP contribution >= 0.6 is 32.9 Å². The number of hydrogen-bond acceptors (Lipinski definition) is 6. The van der Waals surface area contributed by atoms with Gasteiger partial charge in [-0.05, 0) is 82.5 Å². The molecule has 1 N–H and O–H groups in total. The maximum absolute atomic E-state index is 14.7. The Hall–Kier alpha value is -2.37. The van der Waals surface area contributed by atoms with Crippen LogP contribution in [0.25, 0.3) is 0 Å². The van der Waals surface area contributed by atoms with Crippen molar-refractivity contribution >= 4 is 50.2 Å². The number of methoxy groups -OCH3 is 1. The molecule has 0 radical (unpaired) electrons. The third-order valence-corrected chi connectivity index (χ3v) is 9.56. The zero-order valence-electron chi connectivity index (χ0n) is 22.9. The van der Waals surface area contributed by atoms with Gasteiger partial charge in [0.15, 0.2) is 0 Å². The second-order valence-corrected chi connectivity index (χ2v) is 11.8. The smallest absolute Gasteiger partial charge is 0.255 e. The highest BCUT2D eigenvalue weighted by atomic mass is 127. The summed E-state index contributed by atoms with van der Waals surface area (Å²) in [6.07, 6.45) is 2.77. The molecule has 1 atom stereocenters. The Labute approximate surface area is 246 Å². The summed E-state index contributed by atoms with van der Waals surface area (Å²) in [5.74, 6) is 0.453. The topological polar surface area (TPSA) is 69.5 Å². The molecule has 1 amide bonds. The Balaban J connectivity index is 1.36. The minimum absolute atomic E-state index is 0.0875.